The van der Waals surface area contributed by atoms with E-state index >= 15 is 0 Å². The summed E-state index contributed by atoms with van der Waals surface area (Å²) in [5.41, 5.74) is 6.46. The average Bonchev–Trinajstić information content (AvgIpc) is 2.83. The minimum atomic E-state index is -3.47. The molecule has 0 spiro atoms. The van der Waals surface area contributed by atoms with Gasteiger partial charge in [-0.25, -0.2) is 8.42 Å². The summed E-state index contributed by atoms with van der Waals surface area (Å²) in [5, 5.41) is 0. The Bertz CT molecular complexity index is 542. The highest BCUT2D eigenvalue weighted by Gasteiger charge is 2.26. The average molecular weight is 270 g/mol. The van der Waals surface area contributed by atoms with Crippen LogP contribution in [0.2, 0.25) is 0 Å². The van der Waals surface area contributed by atoms with Crippen molar-refractivity contribution in [1.82, 2.24) is 4.31 Å². The monoisotopic (exact) mass is 270 g/mol. The molecule has 1 aromatic rings. The van der Waals surface area contributed by atoms with Crippen molar-refractivity contribution in [3.63, 3.8) is 0 Å². The van der Waals surface area contributed by atoms with E-state index in [0.29, 0.717) is 18.0 Å². The van der Waals surface area contributed by atoms with Crippen LogP contribution in [0.1, 0.15) is 12.5 Å². The van der Waals surface area contributed by atoms with Gasteiger partial charge in [-0.1, -0.05) is 0 Å². The first kappa shape index (κ1) is 13.3. The van der Waals surface area contributed by atoms with Crippen molar-refractivity contribution in [2.45, 2.75) is 24.3 Å². The van der Waals surface area contributed by atoms with Crippen molar-refractivity contribution in [3.8, 4) is 5.75 Å². The predicted molar refractivity (Wildman–Crippen MR) is 69.1 cm³/mol. The molecule has 0 saturated heterocycles. The molecule has 2 rings (SSSR count). The molecule has 0 amide bonds. The van der Waals surface area contributed by atoms with Gasteiger partial charge in [0.05, 0.1) is 11.5 Å². The van der Waals surface area contributed by atoms with Crippen LogP contribution in [0.25, 0.3) is 0 Å². The van der Waals surface area contributed by atoms with Gasteiger partial charge in [-0.15, -0.1) is 0 Å². The van der Waals surface area contributed by atoms with Gasteiger partial charge in [-0.3, -0.25) is 0 Å². The second-order valence-electron chi connectivity index (χ2n) is 4.47. The van der Waals surface area contributed by atoms with Crippen LogP contribution >= 0.6 is 0 Å². The van der Waals surface area contributed by atoms with Crippen molar-refractivity contribution < 1.29 is 13.2 Å². The first-order chi connectivity index (χ1) is 8.46. The SMILES string of the molecule is CC(CN)N(C)S(=O)(=O)c1ccc2c(c1)CCO2. The third-order valence-electron chi connectivity index (χ3n) is 3.30. The number of nitrogens with zero attached hydrogens (tertiary/aromatic N) is 1. The number of benzene rings is 1. The van der Waals surface area contributed by atoms with Crippen molar-refractivity contribution in [2.75, 3.05) is 20.2 Å². The fraction of sp³-hybridized carbons (Fsp3) is 0.500. The minimum Gasteiger partial charge on any atom is -0.493 e. The summed E-state index contributed by atoms with van der Waals surface area (Å²) in [6.07, 6.45) is 0.759. The number of likely N-dealkylation sites (N-methyl/N-ethyl adjacent to an activating group) is 1. The molecule has 2 N–H and O–H groups in total. The second kappa shape index (κ2) is 4.87. The standard InChI is InChI=1S/C12H18N2O3S/c1-9(8-13)14(2)18(15,16)11-3-4-12-10(7-11)5-6-17-12/h3-4,7,9H,5-6,8,13H2,1-2H3. The van der Waals surface area contributed by atoms with Gasteiger partial charge in [0.15, 0.2) is 0 Å². The summed E-state index contributed by atoms with van der Waals surface area (Å²) < 4.78 is 31.4. The lowest BCUT2D eigenvalue weighted by Gasteiger charge is -2.23. The number of fused-ring (bicyclic) bond motifs is 1. The fourth-order valence-electron chi connectivity index (χ4n) is 1.88. The summed E-state index contributed by atoms with van der Waals surface area (Å²) in [7, 11) is -1.92. The van der Waals surface area contributed by atoms with Gasteiger partial charge in [-0.05, 0) is 30.7 Å². The topological polar surface area (TPSA) is 72.6 Å². The molecule has 1 atom stereocenters. The number of ether oxygens (including phenoxy) is 1. The molecule has 5 nitrogen and oxygen atoms in total. The van der Waals surface area contributed by atoms with Gasteiger partial charge >= 0.3 is 0 Å². The van der Waals surface area contributed by atoms with Crippen LogP contribution < -0.4 is 10.5 Å². The summed E-state index contributed by atoms with van der Waals surface area (Å²) in [6, 6.07) is 4.77. The molecular formula is C12H18N2O3S. The van der Waals surface area contributed by atoms with Gasteiger partial charge in [0.2, 0.25) is 10.0 Å². The molecule has 100 valence electrons. The second-order valence-corrected chi connectivity index (χ2v) is 6.47. The molecule has 6 heteroatoms. The van der Waals surface area contributed by atoms with Crippen molar-refractivity contribution >= 4 is 10.0 Å². The van der Waals surface area contributed by atoms with E-state index in [4.69, 9.17) is 10.5 Å². The van der Waals surface area contributed by atoms with E-state index in [1.54, 1.807) is 32.2 Å². The number of hydrogen-bond acceptors (Lipinski definition) is 4. The van der Waals surface area contributed by atoms with Crippen LogP contribution in [0.5, 0.6) is 5.75 Å². The Morgan fingerprint density at radius 2 is 2.22 bits per heavy atom. The first-order valence-electron chi connectivity index (χ1n) is 5.90. The Hall–Kier alpha value is -1.11. The molecule has 0 aromatic heterocycles. The first-order valence-corrected chi connectivity index (χ1v) is 7.34. The highest BCUT2D eigenvalue weighted by Crippen LogP contribution is 2.28. The number of hydrogen-bond donors (Lipinski definition) is 1. The van der Waals surface area contributed by atoms with Gasteiger partial charge < -0.3 is 10.5 Å². The molecule has 1 aliphatic heterocycles. The van der Waals surface area contributed by atoms with Gasteiger partial charge in [0.25, 0.3) is 0 Å². The van der Waals surface area contributed by atoms with E-state index in [1.165, 1.54) is 4.31 Å². The molecule has 1 aromatic carbocycles. The maximum Gasteiger partial charge on any atom is 0.243 e. The lowest BCUT2D eigenvalue weighted by molar-refractivity contribution is 0.356. The lowest BCUT2D eigenvalue weighted by atomic mass is 10.2. The molecule has 1 unspecified atom stereocenters. The minimum absolute atomic E-state index is 0.223. The zero-order valence-electron chi connectivity index (χ0n) is 10.6. The Kier molecular flexibility index (Phi) is 3.61. The largest absolute Gasteiger partial charge is 0.493 e. The third kappa shape index (κ3) is 2.23. The van der Waals surface area contributed by atoms with Crippen molar-refractivity contribution in [2.24, 2.45) is 5.73 Å². The zero-order valence-corrected chi connectivity index (χ0v) is 11.4. The molecule has 1 heterocycles. The van der Waals surface area contributed by atoms with E-state index in [0.717, 1.165) is 17.7 Å². The zero-order chi connectivity index (χ0) is 13.3. The van der Waals surface area contributed by atoms with E-state index in [9.17, 15) is 8.42 Å². The van der Waals surface area contributed by atoms with Crippen LogP contribution in [0.15, 0.2) is 23.1 Å². The maximum absolute atomic E-state index is 12.4. The number of sulfonamides is 1. The fourth-order valence-corrected chi connectivity index (χ4v) is 3.30. The van der Waals surface area contributed by atoms with E-state index < -0.39 is 10.0 Å². The van der Waals surface area contributed by atoms with Crippen LogP contribution in [0, 0.1) is 0 Å². The Morgan fingerprint density at radius 1 is 1.50 bits per heavy atom. The molecule has 0 radical (unpaired) electrons. The molecule has 0 fully saturated rings. The third-order valence-corrected chi connectivity index (χ3v) is 5.27. The van der Waals surface area contributed by atoms with Crippen LogP contribution in [-0.4, -0.2) is 39.0 Å². The van der Waals surface area contributed by atoms with Gasteiger partial charge in [-0.2, -0.15) is 4.31 Å². The smallest absolute Gasteiger partial charge is 0.243 e. The summed E-state index contributed by atoms with van der Waals surface area (Å²) in [4.78, 5) is 0.301. The van der Waals surface area contributed by atoms with Crippen molar-refractivity contribution in [3.05, 3.63) is 23.8 Å². The molecule has 0 aliphatic carbocycles. The van der Waals surface area contributed by atoms with E-state index in [1.807, 2.05) is 0 Å². The highest BCUT2D eigenvalue weighted by atomic mass is 32.2. The summed E-state index contributed by atoms with van der Waals surface area (Å²) in [5.74, 6) is 0.781. The van der Waals surface area contributed by atoms with Crippen molar-refractivity contribution in [1.29, 1.82) is 0 Å². The Labute approximate surface area is 108 Å². The van der Waals surface area contributed by atoms with Crippen LogP contribution in [0.4, 0.5) is 0 Å². The predicted octanol–water partition coefficient (Wildman–Crippen LogP) is 0.589. The molecule has 0 saturated carbocycles. The van der Waals surface area contributed by atoms with Crippen LogP contribution in [-0.2, 0) is 16.4 Å². The number of nitrogens with two attached hydrogens (primary N) is 1. The summed E-state index contributed by atoms with van der Waals surface area (Å²) >= 11 is 0. The Balaban J connectivity index is 2.36. The van der Waals surface area contributed by atoms with Gasteiger partial charge in [0.1, 0.15) is 5.75 Å². The number of rotatable bonds is 4. The molecule has 0 bridgehead atoms. The molecule has 18 heavy (non-hydrogen) atoms. The quantitative estimate of drug-likeness (QED) is 0.869. The lowest BCUT2D eigenvalue weighted by Crippen LogP contribution is -2.39. The molecule has 1 aliphatic rings. The highest BCUT2D eigenvalue weighted by molar-refractivity contribution is 7.89. The van der Waals surface area contributed by atoms with E-state index in [2.05, 4.69) is 0 Å². The van der Waals surface area contributed by atoms with Crippen LogP contribution in [0.3, 0.4) is 0 Å². The molecular weight excluding hydrogens is 252 g/mol. The van der Waals surface area contributed by atoms with Gasteiger partial charge in [0, 0.05) is 26.1 Å². The summed E-state index contributed by atoms with van der Waals surface area (Å²) in [6.45, 7) is 2.70. The maximum atomic E-state index is 12.4. The normalized spacial score (nSPS) is 16.4. The Morgan fingerprint density at radius 3 is 2.89 bits per heavy atom. The van der Waals surface area contributed by atoms with E-state index in [-0.39, 0.29) is 6.04 Å².